The first-order chi connectivity index (χ1) is 6.27. The van der Waals surface area contributed by atoms with Crippen LogP contribution in [0.25, 0.3) is 0 Å². The number of rotatable bonds is 4. The molecule has 0 amide bonds. The highest BCUT2D eigenvalue weighted by atomic mass is 16.5. The minimum absolute atomic E-state index is 0.178. The Kier molecular flexibility index (Phi) is 3.49. The fourth-order valence-corrected chi connectivity index (χ4v) is 1.20. The molecule has 13 heavy (non-hydrogen) atoms. The number of hydrogen-bond donors (Lipinski definition) is 1. The van der Waals surface area contributed by atoms with Crippen LogP contribution in [0.4, 0.5) is 0 Å². The van der Waals surface area contributed by atoms with Crippen molar-refractivity contribution in [3.8, 4) is 0 Å². The Morgan fingerprint density at radius 1 is 1.69 bits per heavy atom. The van der Waals surface area contributed by atoms with Gasteiger partial charge in [0, 0.05) is 12.1 Å². The van der Waals surface area contributed by atoms with Crippen LogP contribution >= 0.6 is 0 Å². The molecule has 4 nitrogen and oxygen atoms in total. The Balaban J connectivity index is 2.49. The summed E-state index contributed by atoms with van der Waals surface area (Å²) < 4.78 is 4.55. The normalized spacial score (nSPS) is 10.0. The number of aromatic amines is 1. The number of nitrogens with one attached hydrogen (secondary N) is 1. The maximum atomic E-state index is 10.9. The van der Waals surface area contributed by atoms with Crippen LogP contribution in [0.2, 0.25) is 0 Å². The molecule has 1 aromatic heterocycles. The van der Waals surface area contributed by atoms with Crippen LogP contribution in [-0.2, 0) is 22.4 Å². The summed E-state index contributed by atoms with van der Waals surface area (Å²) in [4.78, 5) is 10.9. The fraction of sp³-hybridized carbons (Fsp3) is 0.556. The van der Waals surface area contributed by atoms with E-state index in [1.807, 2.05) is 0 Å². The van der Waals surface area contributed by atoms with Crippen LogP contribution < -0.4 is 0 Å². The molecule has 0 aliphatic heterocycles. The summed E-state index contributed by atoms with van der Waals surface area (Å²) in [5.41, 5.74) is 2.21. The van der Waals surface area contributed by atoms with E-state index in [0.29, 0.717) is 12.8 Å². The fourth-order valence-electron chi connectivity index (χ4n) is 1.20. The van der Waals surface area contributed by atoms with Gasteiger partial charge in [-0.1, -0.05) is 6.92 Å². The topological polar surface area (TPSA) is 55.0 Å². The van der Waals surface area contributed by atoms with Crippen LogP contribution in [0, 0.1) is 0 Å². The minimum Gasteiger partial charge on any atom is -0.469 e. The number of esters is 1. The zero-order valence-electron chi connectivity index (χ0n) is 7.96. The molecule has 0 saturated heterocycles. The van der Waals surface area contributed by atoms with E-state index in [9.17, 15) is 4.79 Å². The molecular weight excluding hydrogens is 168 g/mol. The van der Waals surface area contributed by atoms with Gasteiger partial charge in [-0.15, -0.1) is 0 Å². The van der Waals surface area contributed by atoms with Gasteiger partial charge in [0.1, 0.15) is 0 Å². The van der Waals surface area contributed by atoms with Crippen LogP contribution in [0.3, 0.4) is 0 Å². The monoisotopic (exact) mass is 182 g/mol. The molecule has 0 aliphatic carbocycles. The van der Waals surface area contributed by atoms with E-state index < -0.39 is 0 Å². The Morgan fingerprint density at radius 2 is 2.46 bits per heavy atom. The lowest BCUT2D eigenvalue weighted by atomic mass is 10.1. The Labute approximate surface area is 77.3 Å². The van der Waals surface area contributed by atoms with Crippen LogP contribution in [0.5, 0.6) is 0 Å². The zero-order chi connectivity index (χ0) is 9.68. The van der Waals surface area contributed by atoms with Crippen molar-refractivity contribution in [2.45, 2.75) is 26.2 Å². The largest absolute Gasteiger partial charge is 0.469 e. The molecule has 0 radical (unpaired) electrons. The molecule has 1 N–H and O–H groups in total. The molecule has 1 rings (SSSR count). The van der Waals surface area contributed by atoms with Gasteiger partial charge in [-0.05, 0) is 18.4 Å². The number of nitrogens with zero attached hydrogens (tertiary/aromatic N) is 1. The Bertz CT molecular complexity index is 281. The molecule has 0 saturated carbocycles. The molecule has 0 atom stereocenters. The number of hydrogen-bond acceptors (Lipinski definition) is 3. The van der Waals surface area contributed by atoms with Gasteiger partial charge >= 0.3 is 5.97 Å². The molecule has 0 aromatic carbocycles. The first-order valence-electron chi connectivity index (χ1n) is 4.35. The Morgan fingerprint density at radius 3 is 3.08 bits per heavy atom. The predicted molar refractivity (Wildman–Crippen MR) is 48.3 cm³/mol. The minimum atomic E-state index is -0.178. The van der Waals surface area contributed by atoms with Gasteiger partial charge in [0.05, 0.1) is 13.3 Å². The molecule has 0 spiro atoms. The van der Waals surface area contributed by atoms with Crippen LogP contribution in [0.15, 0.2) is 6.20 Å². The number of H-pyrrole nitrogens is 1. The highest BCUT2D eigenvalue weighted by Gasteiger charge is 2.06. The van der Waals surface area contributed by atoms with Crippen LogP contribution in [0.1, 0.15) is 24.6 Å². The summed E-state index contributed by atoms with van der Waals surface area (Å²) in [6.07, 6.45) is 3.80. The van der Waals surface area contributed by atoms with Gasteiger partial charge in [0.2, 0.25) is 0 Å². The van der Waals surface area contributed by atoms with Gasteiger partial charge in [-0.3, -0.25) is 9.89 Å². The standard InChI is InChI=1S/C9H14N2O2/c1-3-8-7(6-10-11-8)4-5-9(12)13-2/h6H,3-5H2,1-2H3,(H,10,11). The summed E-state index contributed by atoms with van der Waals surface area (Å²) in [5, 5.41) is 6.81. The SMILES string of the molecule is CCc1[nH]ncc1CCC(=O)OC. The lowest BCUT2D eigenvalue weighted by Gasteiger charge is -1.99. The molecular formula is C9H14N2O2. The summed E-state index contributed by atoms with van der Waals surface area (Å²) in [5.74, 6) is -0.178. The van der Waals surface area contributed by atoms with Crippen molar-refractivity contribution in [1.82, 2.24) is 10.2 Å². The van der Waals surface area contributed by atoms with Crippen molar-refractivity contribution < 1.29 is 9.53 Å². The molecule has 1 heterocycles. The van der Waals surface area contributed by atoms with Gasteiger partial charge in [0.25, 0.3) is 0 Å². The summed E-state index contributed by atoms with van der Waals surface area (Å²) in [7, 11) is 1.40. The first kappa shape index (κ1) is 9.77. The van der Waals surface area contributed by atoms with E-state index in [0.717, 1.165) is 17.7 Å². The van der Waals surface area contributed by atoms with E-state index in [4.69, 9.17) is 0 Å². The van der Waals surface area contributed by atoms with Crippen molar-refractivity contribution in [2.24, 2.45) is 0 Å². The van der Waals surface area contributed by atoms with Gasteiger partial charge in [-0.2, -0.15) is 5.10 Å². The molecule has 0 aliphatic rings. The maximum Gasteiger partial charge on any atom is 0.305 e. The summed E-state index contributed by atoms with van der Waals surface area (Å²) >= 11 is 0. The molecule has 72 valence electrons. The van der Waals surface area contributed by atoms with Gasteiger partial charge in [0.15, 0.2) is 0 Å². The van der Waals surface area contributed by atoms with Crippen LogP contribution in [-0.4, -0.2) is 23.3 Å². The van der Waals surface area contributed by atoms with E-state index in [-0.39, 0.29) is 5.97 Å². The molecule has 4 heteroatoms. The van der Waals surface area contributed by atoms with E-state index in [2.05, 4.69) is 21.9 Å². The zero-order valence-corrected chi connectivity index (χ0v) is 7.96. The van der Waals surface area contributed by atoms with E-state index in [1.165, 1.54) is 7.11 Å². The van der Waals surface area contributed by atoms with Crippen molar-refractivity contribution in [3.63, 3.8) is 0 Å². The third-order valence-corrected chi connectivity index (χ3v) is 1.99. The van der Waals surface area contributed by atoms with E-state index in [1.54, 1.807) is 6.20 Å². The second-order valence-electron chi connectivity index (χ2n) is 2.80. The molecule has 0 unspecified atom stereocenters. The smallest absolute Gasteiger partial charge is 0.305 e. The van der Waals surface area contributed by atoms with Gasteiger partial charge < -0.3 is 4.74 Å². The predicted octanol–water partition coefficient (Wildman–Crippen LogP) is 1.08. The molecule has 1 aromatic rings. The number of ether oxygens (including phenoxy) is 1. The lowest BCUT2D eigenvalue weighted by Crippen LogP contribution is -2.02. The number of carbonyl (C=O) groups excluding carboxylic acids is 1. The summed E-state index contributed by atoms with van der Waals surface area (Å²) in [6, 6.07) is 0. The van der Waals surface area contributed by atoms with Crippen molar-refractivity contribution in [3.05, 3.63) is 17.5 Å². The number of methoxy groups -OCH3 is 1. The first-order valence-corrected chi connectivity index (χ1v) is 4.35. The Hall–Kier alpha value is -1.32. The molecule has 0 fully saturated rings. The quantitative estimate of drug-likeness (QED) is 0.709. The average Bonchev–Trinajstić information content (AvgIpc) is 2.61. The second kappa shape index (κ2) is 4.64. The second-order valence-corrected chi connectivity index (χ2v) is 2.80. The highest BCUT2D eigenvalue weighted by Crippen LogP contribution is 2.08. The number of aromatic nitrogens is 2. The third kappa shape index (κ3) is 2.57. The summed E-state index contributed by atoms with van der Waals surface area (Å²) in [6.45, 7) is 2.05. The third-order valence-electron chi connectivity index (χ3n) is 1.99. The van der Waals surface area contributed by atoms with E-state index >= 15 is 0 Å². The van der Waals surface area contributed by atoms with Crippen molar-refractivity contribution >= 4 is 5.97 Å². The highest BCUT2D eigenvalue weighted by molar-refractivity contribution is 5.69. The maximum absolute atomic E-state index is 10.9. The van der Waals surface area contributed by atoms with Gasteiger partial charge in [-0.25, -0.2) is 0 Å². The average molecular weight is 182 g/mol. The number of carbonyl (C=O) groups is 1. The molecule has 0 bridgehead atoms. The number of aryl methyl sites for hydroxylation is 2. The van der Waals surface area contributed by atoms with Crippen molar-refractivity contribution in [2.75, 3.05) is 7.11 Å². The van der Waals surface area contributed by atoms with Crippen molar-refractivity contribution in [1.29, 1.82) is 0 Å². The lowest BCUT2D eigenvalue weighted by molar-refractivity contribution is -0.140.